The van der Waals surface area contributed by atoms with Crippen LogP contribution in [0.3, 0.4) is 0 Å². The molecule has 4 N–H and O–H groups in total. The van der Waals surface area contributed by atoms with Gasteiger partial charge in [0, 0.05) is 25.2 Å². The van der Waals surface area contributed by atoms with Crippen molar-refractivity contribution in [1.29, 1.82) is 0 Å². The Morgan fingerprint density at radius 1 is 1.32 bits per heavy atom. The molecule has 1 atom stereocenters. The van der Waals surface area contributed by atoms with E-state index >= 15 is 0 Å². The zero-order valence-corrected chi connectivity index (χ0v) is 15.7. The molecule has 0 saturated carbocycles. The van der Waals surface area contributed by atoms with Gasteiger partial charge in [-0.1, -0.05) is 0 Å². The number of halogens is 1. The summed E-state index contributed by atoms with van der Waals surface area (Å²) in [5.74, 6) is -0.678. The van der Waals surface area contributed by atoms with Crippen LogP contribution in [0.25, 0.3) is 0 Å². The van der Waals surface area contributed by atoms with Crippen LogP contribution in [0, 0.1) is 0 Å². The Bertz CT molecular complexity index is 733. The summed E-state index contributed by atoms with van der Waals surface area (Å²) in [5, 5.41) is 8.65. The van der Waals surface area contributed by atoms with Crippen molar-refractivity contribution in [3.63, 3.8) is 0 Å². The summed E-state index contributed by atoms with van der Waals surface area (Å²) in [6.45, 7) is 2.75. The zero-order chi connectivity index (χ0) is 17.7. The van der Waals surface area contributed by atoms with Gasteiger partial charge in [0.2, 0.25) is 15.9 Å². The first kappa shape index (κ1) is 21.2. The minimum Gasteiger partial charge on any atom is -0.350 e. The molecule has 0 aliphatic carbocycles. The van der Waals surface area contributed by atoms with E-state index in [1.807, 2.05) is 0 Å². The van der Waals surface area contributed by atoms with Crippen LogP contribution in [0.2, 0.25) is 0 Å². The van der Waals surface area contributed by atoms with Crippen LogP contribution in [0.15, 0.2) is 18.2 Å². The van der Waals surface area contributed by atoms with Gasteiger partial charge in [-0.05, 0) is 37.6 Å². The molecule has 1 heterocycles. The number of hydrogen-bond donors (Lipinski definition) is 4. The Hall–Kier alpha value is -1.84. The molecule has 1 aliphatic rings. The number of carbonyl (C=O) groups excluding carboxylic acids is 2. The van der Waals surface area contributed by atoms with Gasteiger partial charge in [-0.15, -0.1) is 12.4 Å². The normalized spacial score (nSPS) is 16.6. The third-order valence-corrected chi connectivity index (χ3v) is 4.14. The van der Waals surface area contributed by atoms with Gasteiger partial charge in [0.1, 0.15) is 0 Å². The van der Waals surface area contributed by atoms with E-state index in [2.05, 4.69) is 20.7 Å². The first-order valence-corrected chi connectivity index (χ1v) is 9.55. The molecule has 25 heavy (non-hydrogen) atoms. The van der Waals surface area contributed by atoms with Crippen LogP contribution in [-0.2, 0) is 14.8 Å². The Balaban J connectivity index is 0.00000312. The first-order chi connectivity index (χ1) is 11.2. The number of nitrogens with one attached hydrogen (secondary N) is 4. The molecular formula is C15H23ClN4O4S. The molecule has 0 aromatic heterocycles. The molecule has 1 saturated heterocycles. The molecule has 140 valence electrons. The molecule has 1 aliphatic heterocycles. The smallest absolute Gasteiger partial charge is 0.253 e. The van der Waals surface area contributed by atoms with Crippen LogP contribution in [0.5, 0.6) is 0 Å². The summed E-state index contributed by atoms with van der Waals surface area (Å²) in [4.78, 5) is 23.6. The third-order valence-electron chi connectivity index (χ3n) is 3.55. The van der Waals surface area contributed by atoms with E-state index in [1.165, 1.54) is 25.1 Å². The van der Waals surface area contributed by atoms with Gasteiger partial charge >= 0.3 is 0 Å². The van der Waals surface area contributed by atoms with Crippen molar-refractivity contribution in [2.24, 2.45) is 0 Å². The minimum absolute atomic E-state index is 0. The van der Waals surface area contributed by atoms with E-state index in [0.717, 1.165) is 25.6 Å². The summed E-state index contributed by atoms with van der Waals surface area (Å²) in [7, 11) is -3.53. The molecule has 0 radical (unpaired) electrons. The number of sulfonamides is 1. The summed E-state index contributed by atoms with van der Waals surface area (Å²) < 4.78 is 25.3. The van der Waals surface area contributed by atoms with Crippen LogP contribution in [-0.4, -0.2) is 45.6 Å². The zero-order valence-electron chi connectivity index (χ0n) is 14.1. The van der Waals surface area contributed by atoms with Crippen molar-refractivity contribution >= 4 is 45.6 Å². The van der Waals surface area contributed by atoms with Crippen molar-refractivity contribution in [1.82, 2.24) is 10.6 Å². The number of hydrogen-bond acceptors (Lipinski definition) is 5. The van der Waals surface area contributed by atoms with Crippen LogP contribution in [0.1, 0.15) is 30.1 Å². The molecule has 0 spiro atoms. The Morgan fingerprint density at radius 3 is 2.60 bits per heavy atom. The second kappa shape index (κ2) is 9.02. The third kappa shape index (κ3) is 6.89. The number of amides is 2. The van der Waals surface area contributed by atoms with E-state index < -0.39 is 15.9 Å². The summed E-state index contributed by atoms with van der Waals surface area (Å²) in [6, 6.07) is 4.66. The maximum absolute atomic E-state index is 12.5. The van der Waals surface area contributed by atoms with Crippen molar-refractivity contribution in [3.8, 4) is 0 Å². The van der Waals surface area contributed by atoms with E-state index in [9.17, 15) is 18.0 Å². The van der Waals surface area contributed by atoms with Gasteiger partial charge in [0.05, 0.1) is 17.5 Å². The summed E-state index contributed by atoms with van der Waals surface area (Å²) in [6.07, 6.45) is 3.07. The van der Waals surface area contributed by atoms with E-state index in [1.54, 1.807) is 0 Å². The predicted octanol–water partition coefficient (Wildman–Crippen LogP) is 0.920. The first-order valence-electron chi connectivity index (χ1n) is 7.65. The fourth-order valence-corrected chi connectivity index (χ4v) is 3.12. The molecule has 1 aromatic carbocycles. The molecular weight excluding hydrogens is 368 g/mol. The Labute approximate surface area is 153 Å². The molecule has 2 amide bonds. The van der Waals surface area contributed by atoms with Crippen LogP contribution >= 0.6 is 12.4 Å². The second-order valence-electron chi connectivity index (χ2n) is 5.82. The van der Waals surface area contributed by atoms with Crippen molar-refractivity contribution < 1.29 is 18.0 Å². The molecule has 2 rings (SSSR count). The number of carbonyl (C=O) groups is 2. The molecule has 1 aromatic rings. The maximum Gasteiger partial charge on any atom is 0.253 e. The number of anilines is 2. The molecule has 8 nitrogen and oxygen atoms in total. The molecule has 1 unspecified atom stereocenters. The fraction of sp³-hybridized carbons (Fsp3) is 0.467. The molecule has 1 fully saturated rings. The summed E-state index contributed by atoms with van der Waals surface area (Å²) in [5.41, 5.74) is 0.749. The minimum atomic E-state index is -3.53. The predicted molar refractivity (Wildman–Crippen MR) is 99.8 cm³/mol. The van der Waals surface area contributed by atoms with Gasteiger partial charge in [-0.3, -0.25) is 14.3 Å². The van der Waals surface area contributed by atoms with Gasteiger partial charge in [-0.25, -0.2) is 8.42 Å². The van der Waals surface area contributed by atoms with Gasteiger partial charge in [0.25, 0.3) is 5.91 Å². The quantitative estimate of drug-likeness (QED) is 0.576. The van der Waals surface area contributed by atoms with Crippen molar-refractivity contribution in [2.75, 3.05) is 29.4 Å². The largest absolute Gasteiger partial charge is 0.350 e. The van der Waals surface area contributed by atoms with Gasteiger partial charge in [0.15, 0.2) is 0 Å². The highest BCUT2D eigenvalue weighted by Gasteiger charge is 2.18. The highest BCUT2D eigenvalue weighted by Crippen LogP contribution is 2.22. The lowest BCUT2D eigenvalue weighted by Crippen LogP contribution is -2.37. The molecule has 10 heteroatoms. The van der Waals surface area contributed by atoms with Crippen molar-refractivity contribution in [3.05, 3.63) is 23.8 Å². The van der Waals surface area contributed by atoms with Crippen LogP contribution in [0.4, 0.5) is 11.4 Å². The topological polar surface area (TPSA) is 116 Å². The van der Waals surface area contributed by atoms with Gasteiger partial charge < -0.3 is 16.0 Å². The standard InChI is InChI=1S/C15H22N4O4S.ClH/c1-10(20)18-11-5-6-14(19-24(2,22)23)13(8-11)15(21)17-9-12-4-3-7-16-12;/h5-6,8,12,16,19H,3-4,7,9H2,1-2H3,(H,17,21)(H,18,20);1H. The average molecular weight is 391 g/mol. The van der Waals surface area contributed by atoms with Gasteiger partial charge in [-0.2, -0.15) is 0 Å². The maximum atomic E-state index is 12.5. The highest BCUT2D eigenvalue weighted by molar-refractivity contribution is 7.92. The SMILES string of the molecule is CC(=O)Nc1ccc(NS(C)(=O)=O)c(C(=O)NCC2CCCN2)c1.Cl. The number of benzene rings is 1. The average Bonchev–Trinajstić information content (AvgIpc) is 2.97. The monoisotopic (exact) mass is 390 g/mol. The fourth-order valence-electron chi connectivity index (χ4n) is 2.54. The lowest BCUT2D eigenvalue weighted by Gasteiger charge is -2.15. The Morgan fingerprint density at radius 2 is 2.04 bits per heavy atom. The second-order valence-corrected chi connectivity index (χ2v) is 7.57. The van der Waals surface area contributed by atoms with E-state index in [4.69, 9.17) is 0 Å². The Kier molecular flexibility index (Phi) is 7.65. The van der Waals surface area contributed by atoms with E-state index in [-0.39, 0.29) is 35.6 Å². The summed E-state index contributed by atoms with van der Waals surface area (Å²) >= 11 is 0. The highest BCUT2D eigenvalue weighted by atomic mass is 35.5. The van der Waals surface area contributed by atoms with E-state index in [0.29, 0.717) is 12.2 Å². The number of rotatable bonds is 6. The van der Waals surface area contributed by atoms with Crippen LogP contribution < -0.4 is 20.7 Å². The lowest BCUT2D eigenvalue weighted by molar-refractivity contribution is -0.114. The van der Waals surface area contributed by atoms with Crippen molar-refractivity contribution in [2.45, 2.75) is 25.8 Å². The lowest BCUT2D eigenvalue weighted by atomic mass is 10.1. The molecule has 0 bridgehead atoms.